The lowest BCUT2D eigenvalue weighted by Gasteiger charge is -2.11. The largest absolute Gasteiger partial charge is 0.460 e. The lowest BCUT2D eigenvalue weighted by molar-refractivity contribution is -0.139. The van der Waals surface area contributed by atoms with Crippen molar-refractivity contribution in [2.24, 2.45) is 5.92 Å². The summed E-state index contributed by atoms with van der Waals surface area (Å²) in [5.74, 6) is 0.193. The minimum absolute atomic E-state index is 0.262. The summed E-state index contributed by atoms with van der Waals surface area (Å²) in [6.07, 6.45) is 4.85. The van der Waals surface area contributed by atoms with E-state index < -0.39 is 5.97 Å². The molecular weight excluding hydrogens is 232 g/mol. The Labute approximate surface area is 110 Å². The molecule has 4 heteroatoms. The van der Waals surface area contributed by atoms with E-state index in [0.29, 0.717) is 25.7 Å². The summed E-state index contributed by atoms with van der Waals surface area (Å²) >= 11 is 0. The molecule has 1 atom stereocenters. The van der Waals surface area contributed by atoms with Gasteiger partial charge in [0.1, 0.15) is 6.61 Å². The van der Waals surface area contributed by atoms with Crippen LogP contribution in [0.3, 0.4) is 0 Å². The highest BCUT2D eigenvalue weighted by atomic mass is 16.6. The third kappa shape index (κ3) is 11.6. The summed E-state index contributed by atoms with van der Waals surface area (Å²) in [6, 6.07) is 0. The van der Waals surface area contributed by atoms with Gasteiger partial charge in [-0.1, -0.05) is 33.3 Å². The van der Waals surface area contributed by atoms with Crippen LogP contribution in [0.1, 0.15) is 33.1 Å². The molecule has 4 nitrogen and oxygen atoms in total. The molecule has 0 rings (SSSR count). The van der Waals surface area contributed by atoms with Crippen LogP contribution >= 0.6 is 0 Å². The topological polar surface area (TPSA) is 44.8 Å². The highest BCUT2D eigenvalue weighted by molar-refractivity contribution is 5.81. The average Bonchev–Trinajstić information content (AvgIpc) is 2.38. The van der Waals surface area contributed by atoms with E-state index in [2.05, 4.69) is 20.4 Å². The van der Waals surface area contributed by atoms with E-state index in [1.807, 2.05) is 0 Å². The van der Waals surface area contributed by atoms with Crippen molar-refractivity contribution in [1.82, 2.24) is 0 Å². The van der Waals surface area contributed by atoms with E-state index in [0.717, 1.165) is 12.7 Å². The van der Waals surface area contributed by atoms with E-state index >= 15 is 0 Å². The summed E-state index contributed by atoms with van der Waals surface area (Å²) in [5.41, 5.74) is 0. The number of hydrogen-bond donors (Lipinski definition) is 0. The molecule has 0 N–H and O–H groups in total. The maximum atomic E-state index is 10.7. The van der Waals surface area contributed by atoms with Crippen LogP contribution in [0.4, 0.5) is 0 Å². The molecule has 0 aromatic rings. The van der Waals surface area contributed by atoms with Gasteiger partial charge in [-0.2, -0.15) is 0 Å². The lowest BCUT2D eigenvalue weighted by atomic mass is 10.1. The van der Waals surface area contributed by atoms with Crippen molar-refractivity contribution in [2.45, 2.75) is 33.1 Å². The Morgan fingerprint density at radius 2 is 1.89 bits per heavy atom. The minimum Gasteiger partial charge on any atom is -0.460 e. The van der Waals surface area contributed by atoms with Crippen LogP contribution in [0.25, 0.3) is 0 Å². The van der Waals surface area contributed by atoms with Crippen LogP contribution < -0.4 is 0 Å². The number of ether oxygens (including phenoxy) is 3. The summed E-state index contributed by atoms with van der Waals surface area (Å²) in [4.78, 5) is 10.7. The fourth-order valence-electron chi connectivity index (χ4n) is 1.40. The van der Waals surface area contributed by atoms with Crippen molar-refractivity contribution in [1.29, 1.82) is 0 Å². The second-order valence-electron chi connectivity index (χ2n) is 4.31. The molecule has 0 spiro atoms. The highest BCUT2D eigenvalue weighted by Crippen LogP contribution is 2.07. The normalized spacial score (nSPS) is 12.1. The van der Waals surface area contributed by atoms with Gasteiger partial charge in [-0.05, 0) is 12.3 Å². The monoisotopic (exact) mass is 258 g/mol. The maximum absolute atomic E-state index is 10.7. The molecule has 0 saturated carbocycles. The third-order valence-corrected chi connectivity index (χ3v) is 2.46. The Hall–Kier alpha value is -0.870. The molecule has 0 fully saturated rings. The predicted molar refractivity (Wildman–Crippen MR) is 71.5 cm³/mol. The van der Waals surface area contributed by atoms with Crippen LogP contribution in [0.5, 0.6) is 0 Å². The molecule has 18 heavy (non-hydrogen) atoms. The van der Waals surface area contributed by atoms with Gasteiger partial charge >= 0.3 is 5.97 Å². The molecule has 0 bridgehead atoms. The molecule has 0 aromatic carbocycles. The van der Waals surface area contributed by atoms with Crippen molar-refractivity contribution in [3.63, 3.8) is 0 Å². The molecule has 0 radical (unpaired) electrons. The first kappa shape index (κ1) is 17.1. The fraction of sp³-hybridized carbons (Fsp3) is 0.786. The van der Waals surface area contributed by atoms with E-state index in [1.165, 1.54) is 19.3 Å². The molecule has 0 aliphatic carbocycles. The van der Waals surface area contributed by atoms with Gasteiger partial charge in [-0.15, -0.1) is 0 Å². The van der Waals surface area contributed by atoms with Crippen molar-refractivity contribution in [3.8, 4) is 0 Å². The summed E-state index contributed by atoms with van der Waals surface area (Å²) in [7, 11) is 0. The quantitative estimate of drug-likeness (QED) is 0.306. The zero-order valence-electron chi connectivity index (χ0n) is 11.7. The standard InChI is InChI=1S/C14H26O4/c1-4-6-7-13(3)12-17-9-8-16-10-11-18-14(15)5-2/h5,13H,2,4,6-12H2,1,3H3. The van der Waals surface area contributed by atoms with Gasteiger partial charge in [0.05, 0.1) is 19.8 Å². The zero-order valence-corrected chi connectivity index (χ0v) is 11.7. The van der Waals surface area contributed by atoms with Crippen LogP contribution in [-0.4, -0.2) is 39.0 Å². The zero-order chi connectivity index (χ0) is 13.6. The fourth-order valence-corrected chi connectivity index (χ4v) is 1.40. The summed E-state index contributed by atoms with van der Waals surface area (Å²) < 4.78 is 15.5. The van der Waals surface area contributed by atoms with Gasteiger partial charge < -0.3 is 14.2 Å². The van der Waals surface area contributed by atoms with Crippen molar-refractivity contribution >= 4 is 5.97 Å². The first-order valence-corrected chi connectivity index (χ1v) is 6.65. The Balaban J connectivity index is 3.16. The highest BCUT2D eigenvalue weighted by Gasteiger charge is 2.01. The number of rotatable bonds is 12. The molecule has 1 unspecified atom stereocenters. The van der Waals surface area contributed by atoms with E-state index in [4.69, 9.17) is 14.2 Å². The van der Waals surface area contributed by atoms with Gasteiger partial charge in [-0.3, -0.25) is 0 Å². The maximum Gasteiger partial charge on any atom is 0.330 e. The average molecular weight is 258 g/mol. The number of unbranched alkanes of at least 4 members (excludes halogenated alkanes) is 1. The van der Waals surface area contributed by atoms with Crippen LogP contribution in [0.15, 0.2) is 12.7 Å². The number of hydrogen-bond acceptors (Lipinski definition) is 4. The second kappa shape index (κ2) is 12.6. The Bertz CT molecular complexity index is 216. The Morgan fingerprint density at radius 3 is 2.56 bits per heavy atom. The van der Waals surface area contributed by atoms with Crippen LogP contribution in [-0.2, 0) is 19.0 Å². The smallest absolute Gasteiger partial charge is 0.330 e. The van der Waals surface area contributed by atoms with Crippen molar-refractivity contribution in [2.75, 3.05) is 33.0 Å². The van der Waals surface area contributed by atoms with Crippen LogP contribution in [0, 0.1) is 5.92 Å². The number of carbonyl (C=O) groups is 1. The molecule has 0 amide bonds. The first-order valence-electron chi connectivity index (χ1n) is 6.65. The lowest BCUT2D eigenvalue weighted by Crippen LogP contribution is -2.13. The van der Waals surface area contributed by atoms with Gasteiger partial charge in [0, 0.05) is 12.7 Å². The van der Waals surface area contributed by atoms with Crippen molar-refractivity contribution < 1.29 is 19.0 Å². The van der Waals surface area contributed by atoms with Gasteiger partial charge in [0.2, 0.25) is 0 Å². The molecule has 106 valence electrons. The van der Waals surface area contributed by atoms with Crippen molar-refractivity contribution in [3.05, 3.63) is 12.7 Å². The molecule has 0 aromatic heterocycles. The van der Waals surface area contributed by atoms with E-state index in [1.54, 1.807) is 0 Å². The minimum atomic E-state index is -0.417. The molecule has 0 saturated heterocycles. The molecule has 0 aliphatic heterocycles. The first-order chi connectivity index (χ1) is 8.70. The summed E-state index contributed by atoms with van der Waals surface area (Å²) in [5, 5.41) is 0. The molecule has 0 aliphatic rings. The molecular formula is C14H26O4. The Kier molecular flexibility index (Phi) is 12.0. The third-order valence-electron chi connectivity index (χ3n) is 2.46. The number of carbonyl (C=O) groups excluding carboxylic acids is 1. The summed E-state index contributed by atoms with van der Waals surface area (Å²) in [6.45, 7) is 10.3. The van der Waals surface area contributed by atoms with Gasteiger partial charge in [0.15, 0.2) is 0 Å². The SMILES string of the molecule is C=CC(=O)OCCOCCOCC(C)CCCC. The van der Waals surface area contributed by atoms with Gasteiger partial charge in [0.25, 0.3) is 0 Å². The number of esters is 1. The second-order valence-corrected chi connectivity index (χ2v) is 4.31. The van der Waals surface area contributed by atoms with Gasteiger partial charge in [-0.25, -0.2) is 4.79 Å². The predicted octanol–water partition coefficient (Wildman–Crippen LogP) is 2.58. The Morgan fingerprint density at radius 1 is 1.22 bits per heavy atom. The van der Waals surface area contributed by atoms with Crippen LogP contribution in [0.2, 0.25) is 0 Å². The van der Waals surface area contributed by atoms with E-state index in [-0.39, 0.29) is 6.61 Å². The molecule has 0 heterocycles. The van der Waals surface area contributed by atoms with E-state index in [9.17, 15) is 4.79 Å².